The molecule has 134 valence electrons. The van der Waals surface area contributed by atoms with E-state index in [-0.39, 0.29) is 11.4 Å². The van der Waals surface area contributed by atoms with E-state index < -0.39 is 26.4 Å². The van der Waals surface area contributed by atoms with Crippen molar-refractivity contribution in [3.8, 4) is 0 Å². The molecule has 0 fully saturated rings. The number of benzene rings is 2. The number of rotatable bonds is 6. The molecule has 0 aromatic heterocycles. The molecule has 0 bridgehead atoms. The van der Waals surface area contributed by atoms with Crippen LogP contribution in [0.5, 0.6) is 0 Å². The SMILES string of the molecule is Cc1ccc(C)c(SCC(=O)Nc2ccccc2S(=O)(=O)C(F)F)c1. The summed E-state index contributed by atoms with van der Waals surface area (Å²) in [5.74, 6) is -3.98. The van der Waals surface area contributed by atoms with E-state index in [2.05, 4.69) is 5.32 Å². The summed E-state index contributed by atoms with van der Waals surface area (Å²) in [6.45, 7) is 3.86. The van der Waals surface area contributed by atoms with Crippen molar-refractivity contribution in [2.75, 3.05) is 11.1 Å². The Bertz CT molecular complexity index is 883. The quantitative estimate of drug-likeness (QED) is 0.763. The van der Waals surface area contributed by atoms with Crippen molar-refractivity contribution < 1.29 is 22.0 Å². The average Bonchev–Trinajstić information content (AvgIpc) is 2.56. The van der Waals surface area contributed by atoms with Crippen LogP contribution in [0.1, 0.15) is 11.1 Å². The Kier molecular flexibility index (Phi) is 6.18. The molecule has 0 saturated heterocycles. The predicted octanol–water partition coefficient (Wildman–Crippen LogP) is 4.03. The standard InChI is InChI=1S/C17H17F2NO3S2/c1-11-7-8-12(2)14(9-11)24-10-16(21)20-13-5-3-4-6-15(13)25(22,23)17(18)19/h3-9,17H,10H2,1-2H3,(H,20,21). The monoisotopic (exact) mass is 385 g/mol. The van der Waals surface area contributed by atoms with Gasteiger partial charge in [-0.1, -0.05) is 29.8 Å². The lowest BCUT2D eigenvalue weighted by atomic mass is 10.2. The Balaban J connectivity index is 2.13. The van der Waals surface area contributed by atoms with Gasteiger partial charge in [-0.3, -0.25) is 4.79 Å². The zero-order valence-corrected chi connectivity index (χ0v) is 15.3. The van der Waals surface area contributed by atoms with E-state index in [1.54, 1.807) is 0 Å². The highest BCUT2D eigenvalue weighted by Gasteiger charge is 2.29. The van der Waals surface area contributed by atoms with Gasteiger partial charge >= 0.3 is 5.76 Å². The molecule has 0 atom stereocenters. The number of alkyl halides is 2. The first-order valence-corrected chi connectivity index (χ1v) is 9.86. The Labute approximate surface area is 149 Å². The van der Waals surface area contributed by atoms with E-state index in [0.29, 0.717) is 0 Å². The zero-order valence-electron chi connectivity index (χ0n) is 13.6. The minimum atomic E-state index is -4.79. The molecule has 0 radical (unpaired) electrons. The van der Waals surface area contributed by atoms with Gasteiger partial charge in [0.05, 0.1) is 16.3 Å². The molecular weight excluding hydrogens is 368 g/mol. The number of sulfone groups is 1. The van der Waals surface area contributed by atoms with Crippen LogP contribution in [-0.2, 0) is 14.6 Å². The predicted molar refractivity (Wildman–Crippen MR) is 94.9 cm³/mol. The Morgan fingerprint density at radius 2 is 1.84 bits per heavy atom. The summed E-state index contributed by atoms with van der Waals surface area (Å²) in [6.07, 6.45) is 0. The Morgan fingerprint density at radius 1 is 1.16 bits per heavy atom. The largest absolute Gasteiger partial charge is 0.341 e. The molecule has 1 amide bonds. The Hall–Kier alpha value is -1.93. The van der Waals surface area contributed by atoms with Crippen LogP contribution in [-0.4, -0.2) is 25.8 Å². The van der Waals surface area contributed by atoms with E-state index in [1.807, 2.05) is 32.0 Å². The van der Waals surface area contributed by atoms with Crippen LogP contribution in [0.3, 0.4) is 0 Å². The lowest BCUT2D eigenvalue weighted by Crippen LogP contribution is -2.19. The van der Waals surface area contributed by atoms with Crippen LogP contribution < -0.4 is 5.32 Å². The summed E-state index contributed by atoms with van der Waals surface area (Å²) in [5.41, 5.74) is 1.93. The van der Waals surface area contributed by atoms with Gasteiger partial charge in [0.25, 0.3) is 0 Å². The average molecular weight is 385 g/mol. The van der Waals surface area contributed by atoms with Gasteiger partial charge in [-0.05, 0) is 37.6 Å². The van der Waals surface area contributed by atoms with Crippen molar-refractivity contribution in [3.63, 3.8) is 0 Å². The lowest BCUT2D eigenvalue weighted by Gasteiger charge is -2.11. The number of thioether (sulfide) groups is 1. The molecule has 1 N–H and O–H groups in total. The van der Waals surface area contributed by atoms with Gasteiger partial charge in [0, 0.05) is 4.90 Å². The fraction of sp³-hybridized carbons (Fsp3) is 0.235. The highest BCUT2D eigenvalue weighted by molar-refractivity contribution is 8.00. The van der Waals surface area contributed by atoms with Crippen LogP contribution in [0.2, 0.25) is 0 Å². The summed E-state index contributed by atoms with van der Waals surface area (Å²) in [4.78, 5) is 12.5. The molecule has 0 unspecified atom stereocenters. The van der Waals surface area contributed by atoms with Crippen molar-refractivity contribution in [1.29, 1.82) is 0 Å². The molecule has 2 aromatic carbocycles. The third-order valence-corrected chi connectivity index (χ3v) is 6.00. The molecule has 2 rings (SSSR count). The first kappa shape index (κ1) is 19.4. The fourth-order valence-electron chi connectivity index (χ4n) is 2.11. The Morgan fingerprint density at radius 3 is 2.52 bits per heavy atom. The number of halogens is 2. The van der Waals surface area contributed by atoms with Crippen LogP contribution in [0, 0.1) is 13.8 Å². The molecule has 2 aromatic rings. The van der Waals surface area contributed by atoms with Gasteiger partial charge in [0.2, 0.25) is 15.7 Å². The van der Waals surface area contributed by atoms with Gasteiger partial charge in [-0.2, -0.15) is 8.78 Å². The van der Waals surface area contributed by atoms with Crippen LogP contribution in [0.15, 0.2) is 52.3 Å². The third kappa shape index (κ3) is 4.79. The molecule has 8 heteroatoms. The minimum absolute atomic E-state index is 0.0351. The van der Waals surface area contributed by atoms with Crippen molar-refractivity contribution in [1.82, 2.24) is 0 Å². The molecule has 4 nitrogen and oxygen atoms in total. The van der Waals surface area contributed by atoms with Crippen molar-refractivity contribution in [3.05, 3.63) is 53.6 Å². The van der Waals surface area contributed by atoms with E-state index in [4.69, 9.17) is 0 Å². The molecule has 0 heterocycles. The van der Waals surface area contributed by atoms with Gasteiger partial charge in [0.1, 0.15) is 0 Å². The topological polar surface area (TPSA) is 63.2 Å². The maximum absolute atomic E-state index is 12.8. The third-order valence-electron chi connectivity index (χ3n) is 3.40. The fourth-order valence-corrected chi connectivity index (χ4v) is 3.92. The van der Waals surface area contributed by atoms with Gasteiger partial charge in [-0.25, -0.2) is 8.42 Å². The van der Waals surface area contributed by atoms with Crippen molar-refractivity contribution in [2.24, 2.45) is 0 Å². The molecule has 0 saturated carbocycles. The number of para-hydroxylation sites is 1. The highest BCUT2D eigenvalue weighted by Crippen LogP contribution is 2.27. The normalized spacial score (nSPS) is 11.6. The summed E-state index contributed by atoms with van der Waals surface area (Å²) in [7, 11) is -4.79. The first-order valence-electron chi connectivity index (χ1n) is 7.33. The minimum Gasteiger partial charge on any atom is -0.324 e. The van der Waals surface area contributed by atoms with Crippen molar-refractivity contribution in [2.45, 2.75) is 29.4 Å². The molecule has 25 heavy (non-hydrogen) atoms. The van der Waals surface area contributed by atoms with E-state index in [1.165, 1.54) is 30.0 Å². The lowest BCUT2D eigenvalue weighted by molar-refractivity contribution is -0.113. The number of hydrogen-bond acceptors (Lipinski definition) is 4. The molecule has 0 aliphatic heterocycles. The number of carbonyl (C=O) groups excluding carboxylic acids is 1. The number of carbonyl (C=O) groups is 1. The van der Waals surface area contributed by atoms with Gasteiger partial charge in [-0.15, -0.1) is 11.8 Å². The van der Waals surface area contributed by atoms with Crippen molar-refractivity contribution >= 4 is 33.2 Å². The number of aryl methyl sites for hydroxylation is 2. The highest BCUT2D eigenvalue weighted by atomic mass is 32.2. The van der Waals surface area contributed by atoms with Crippen LogP contribution >= 0.6 is 11.8 Å². The first-order chi connectivity index (χ1) is 11.7. The van der Waals surface area contributed by atoms with E-state index in [0.717, 1.165) is 22.1 Å². The smallest absolute Gasteiger partial charge is 0.324 e. The van der Waals surface area contributed by atoms with E-state index in [9.17, 15) is 22.0 Å². The second kappa shape index (κ2) is 7.97. The summed E-state index contributed by atoms with van der Waals surface area (Å²) >= 11 is 1.30. The molecule has 0 aliphatic rings. The molecule has 0 spiro atoms. The summed E-state index contributed by atoms with van der Waals surface area (Å²) in [5, 5.41) is 2.40. The number of anilines is 1. The maximum atomic E-state index is 12.8. The second-order valence-corrected chi connectivity index (χ2v) is 8.31. The molecular formula is C17H17F2NO3S2. The van der Waals surface area contributed by atoms with E-state index >= 15 is 0 Å². The van der Waals surface area contributed by atoms with Gasteiger partial charge in [0.15, 0.2) is 0 Å². The zero-order chi connectivity index (χ0) is 18.6. The number of amides is 1. The van der Waals surface area contributed by atoms with Crippen LogP contribution in [0.25, 0.3) is 0 Å². The molecule has 0 aliphatic carbocycles. The van der Waals surface area contributed by atoms with Gasteiger partial charge < -0.3 is 5.32 Å². The second-order valence-electron chi connectivity index (χ2n) is 5.41. The van der Waals surface area contributed by atoms with Crippen LogP contribution in [0.4, 0.5) is 14.5 Å². The maximum Gasteiger partial charge on any atom is 0.341 e. The summed E-state index contributed by atoms with van der Waals surface area (Å²) < 4.78 is 48.9. The number of hydrogen-bond donors (Lipinski definition) is 1. The summed E-state index contributed by atoms with van der Waals surface area (Å²) in [6, 6.07) is 11.0. The number of nitrogens with one attached hydrogen (secondary N) is 1.